The molecule has 10 nitrogen and oxygen atoms in total. The van der Waals surface area contributed by atoms with E-state index in [0.29, 0.717) is 44.6 Å². The lowest BCUT2D eigenvalue weighted by atomic mass is 10.00. The van der Waals surface area contributed by atoms with Crippen molar-refractivity contribution in [2.75, 3.05) is 26.2 Å². The Morgan fingerprint density at radius 2 is 1.95 bits per heavy atom. The standard InChI is InChI=1S/C26H28FN3O5.CH2O2/c27-18-6-8-23-21(11-18)25(32)29-19-7-5-16(24(31)28-9-2-10-35-23)12-30(13-19)26(33)20-4-1-3-17-14-34-15-22(17)20;2-1-3/h1,3-4,6,8,11,16,19H,2,5,7,9-10,12-15H2,(H,28,31)(H,29,32);1H,(H,2,3)/t16-,19+;/m0./s1. The van der Waals surface area contributed by atoms with Crippen LogP contribution in [0.4, 0.5) is 4.39 Å². The zero-order chi connectivity index (χ0) is 27.1. The quantitative estimate of drug-likeness (QED) is 0.484. The van der Waals surface area contributed by atoms with Crippen molar-refractivity contribution in [1.82, 2.24) is 15.5 Å². The zero-order valence-corrected chi connectivity index (χ0v) is 20.8. The Morgan fingerprint density at radius 1 is 1.13 bits per heavy atom. The van der Waals surface area contributed by atoms with E-state index in [1.54, 1.807) is 11.0 Å². The summed E-state index contributed by atoms with van der Waals surface area (Å²) in [5, 5.41) is 12.8. The van der Waals surface area contributed by atoms with Crippen LogP contribution in [0.15, 0.2) is 36.4 Å². The molecule has 2 bridgehead atoms. The Hall–Kier alpha value is -3.99. The largest absolute Gasteiger partial charge is 0.493 e. The average molecular weight is 528 g/mol. The lowest BCUT2D eigenvalue weighted by Gasteiger charge is -2.27. The second kappa shape index (κ2) is 12.5. The molecule has 0 unspecified atom stereocenters. The summed E-state index contributed by atoms with van der Waals surface area (Å²) in [6, 6.07) is 9.00. The monoisotopic (exact) mass is 527 g/mol. The molecule has 0 aliphatic carbocycles. The molecule has 3 N–H and O–H groups in total. The molecule has 0 radical (unpaired) electrons. The average Bonchev–Trinajstić information content (AvgIpc) is 3.29. The maximum Gasteiger partial charge on any atom is 0.290 e. The molecule has 0 aromatic heterocycles. The van der Waals surface area contributed by atoms with Crippen LogP contribution in [0.25, 0.3) is 0 Å². The molecule has 3 heterocycles. The first kappa shape index (κ1) is 27.1. The number of likely N-dealkylation sites (tertiary alicyclic amines) is 1. The molecule has 3 amide bonds. The summed E-state index contributed by atoms with van der Waals surface area (Å²) in [4.78, 5) is 49.8. The van der Waals surface area contributed by atoms with Crippen LogP contribution >= 0.6 is 0 Å². The third-order valence-corrected chi connectivity index (χ3v) is 6.81. The van der Waals surface area contributed by atoms with E-state index >= 15 is 0 Å². The molecule has 38 heavy (non-hydrogen) atoms. The normalized spacial score (nSPS) is 21.2. The van der Waals surface area contributed by atoms with Gasteiger partial charge in [-0.1, -0.05) is 12.1 Å². The van der Waals surface area contributed by atoms with Crippen molar-refractivity contribution in [3.05, 3.63) is 64.5 Å². The molecule has 202 valence electrons. The molecule has 5 rings (SSSR count). The van der Waals surface area contributed by atoms with Gasteiger partial charge >= 0.3 is 0 Å². The third-order valence-electron chi connectivity index (χ3n) is 6.81. The molecule has 3 aliphatic rings. The fraction of sp³-hybridized carbons (Fsp3) is 0.407. The van der Waals surface area contributed by atoms with Crippen LogP contribution in [0.2, 0.25) is 0 Å². The van der Waals surface area contributed by atoms with E-state index in [4.69, 9.17) is 19.4 Å². The van der Waals surface area contributed by atoms with Crippen LogP contribution in [0.1, 0.15) is 51.1 Å². The first-order chi connectivity index (χ1) is 18.4. The molecular weight excluding hydrogens is 497 g/mol. The Balaban J connectivity index is 0.00000107. The number of halogens is 1. The van der Waals surface area contributed by atoms with Crippen LogP contribution < -0.4 is 15.4 Å². The number of rotatable bonds is 1. The van der Waals surface area contributed by atoms with Gasteiger partial charge in [-0.15, -0.1) is 0 Å². The van der Waals surface area contributed by atoms with E-state index in [1.807, 2.05) is 12.1 Å². The number of benzene rings is 2. The van der Waals surface area contributed by atoms with Crippen LogP contribution in [0, 0.1) is 11.7 Å². The Kier molecular flexibility index (Phi) is 8.90. The number of carboxylic acid groups (broad SMARTS) is 1. The Labute approximate surface area is 219 Å². The molecule has 11 heteroatoms. The van der Waals surface area contributed by atoms with Gasteiger partial charge in [0.1, 0.15) is 11.6 Å². The third kappa shape index (κ3) is 6.28. The summed E-state index contributed by atoms with van der Waals surface area (Å²) in [6.45, 7) is 1.76. The number of carbonyl (C=O) groups is 4. The summed E-state index contributed by atoms with van der Waals surface area (Å²) < 4.78 is 25.2. The van der Waals surface area contributed by atoms with E-state index in [9.17, 15) is 18.8 Å². The molecule has 0 spiro atoms. The molecule has 0 saturated carbocycles. The van der Waals surface area contributed by atoms with E-state index < -0.39 is 23.7 Å². The molecular formula is C27H30FN3O7. The van der Waals surface area contributed by atoms with Gasteiger partial charge in [0.05, 0.1) is 31.3 Å². The maximum atomic E-state index is 14.0. The molecule has 2 aromatic carbocycles. The molecule has 1 fully saturated rings. The number of fused-ring (bicyclic) bond motifs is 5. The van der Waals surface area contributed by atoms with E-state index in [-0.39, 0.29) is 49.3 Å². The van der Waals surface area contributed by atoms with Gasteiger partial charge in [-0.05, 0) is 54.7 Å². The van der Waals surface area contributed by atoms with Gasteiger partial charge in [0, 0.05) is 31.2 Å². The summed E-state index contributed by atoms with van der Waals surface area (Å²) in [5.74, 6) is -1.42. The number of ether oxygens (including phenoxy) is 2. The van der Waals surface area contributed by atoms with Crippen LogP contribution in [-0.2, 0) is 27.5 Å². The van der Waals surface area contributed by atoms with Crippen molar-refractivity contribution < 1.29 is 38.1 Å². The summed E-state index contributed by atoms with van der Waals surface area (Å²) >= 11 is 0. The lowest BCUT2D eigenvalue weighted by molar-refractivity contribution is -0.125. The molecule has 3 aliphatic heterocycles. The van der Waals surface area contributed by atoms with Crippen molar-refractivity contribution >= 4 is 24.2 Å². The summed E-state index contributed by atoms with van der Waals surface area (Å²) in [6.07, 6.45) is 1.55. The highest BCUT2D eigenvalue weighted by atomic mass is 19.1. The Bertz CT molecular complexity index is 1210. The predicted octanol–water partition coefficient (Wildman–Crippen LogP) is 2.11. The number of hydrogen-bond donors (Lipinski definition) is 3. The summed E-state index contributed by atoms with van der Waals surface area (Å²) in [7, 11) is 0. The number of nitrogens with zero attached hydrogens (tertiary/aromatic N) is 1. The highest BCUT2D eigenvalue weighted by molar-refractivity contribution is 5.98. The fourth-order valence-electron chi connectivity index (χ4n) is 4.94. The van der Waals surface area contributed by atoms with Gasteiger partial charge in [0.25, 0.3) is 18.3 Å². The smallest absolute Gasteiger partial charge is 0.290 e. The van der Waals surface area contributed by atoms with Crippen molar-refractivity contribution in [1.29, 1.82) is 0 Å². The van der Waals surface area contributed by atoms with Crippen LogP contribution in [-0.4, -0.2) is 66.5 Å². The number of hydrogen-bond acceptors (Lipinski definition) is 6. The minimum Gasteiger partial charge on any atom is -0.493 e. The van der Waals surface area contributed by atoms with Crippen molar-refractivity contribution in [2.24, 2.45) is 5.92 Å². The minimum atomic E-state index is -0.534. The van der Waals surface area contributed by atoms with Gasteiger partial charge in [-0.2, -0.15) is 0 Å². The van der Waals surface area contributed by atoms with Crippen molar-refractivity contribution in [2.45, 2.75) is 38.5 Å². The molecule has 2 aromatic rings. The first-order valence-electron chi connectivity index (χ1n) is 12.5. The molecule has 2 atom stereocenters. The minimum absolute atomic E-state index is 0.114. The van der Waals surface area contributed by atoms with E-state index in [0.717, 1.165) is 17.2 Å². The van der Waals surface area contributed by atoms with Crippen molar-refractivity contribution in [3.8, 4) is 5.75 Å². The Morgan fingerprint density at radius 3 is 2.76 bits per heavy atom. The van der Waals surface area contributed by atoms with Crippen LogP contribution in [0.5, 0.6) is 5.75 Å². The van der Waals surface area contributed by atoms with E-state index in [1.165, 1.54) is 12.1 Å². The van der Waals surface area contributed by atoms with Gasteiger partial charge in [0.15, 0.2) is 0 Å². The van der Waals surface area contributed by atoms with Gasteiger partial charge in [-0.3, -0.25) is 19.2 Å². The van der Waals surface area contributed by atoms with Gasteiger partial charge in [-0.25, -0.2) is 4.39 Å². The SMILES string of the molecule is O=C1N[C@@H]2CC[C@@H](CN(C(=O)c3cccc4c3COC4)C2)C(=O)NCCCOc2ccc(F)cc21.O=CO. The number of nitrogens with one attached hydrogen (secondary N) is 2. The van der Waals surface area contributed by atoms with Crippen LogP contribution in [0.3, 0.4) is 0 Å². The second-order valence-corrected chi connectivity index (χ2v) is 9.33. The second-order valence-electron chi connectivity index (χ2n) is 9.33. The number of amides is 3. The fourth-order valence-corrected chi connectivity index (χ4v) is 4.94. The van der Waals surface area contributed by atoms with Crippen molar-refractivity contribution in [3.63, 3.8) is 0 Å². The summed E-state index contributed by atoms with van der Waals surface area (Å²) in [5.41, 5.74) is 2.53. The van der Waals surface area contributed by atoms with E-state index in [2.05, 4.69) is 10.6 Å². The van der Waals surface area contributed by atoms with Gasteiger partial charge < -0.3 is 30.1 Å². The first-order valence-corrected chi connectivity index (χ1v) is 12.5. The van der Waals surface area contributed by atoms with Gasteiger partial charge in [0.2, 0.25) is 5.91 Å². The molecule has 1 saturated heterocycles. The predicted molar refractivity (Wildman–Crippen MR) is 133 cm³/mol. The number of carbonyl (C=O) groups excluding carboxylic acids is 3. The lowest BCUT2D eigenvalue weighted by Crippen LogP contribution is -2.46. The highest BCUT2D eigenvalue weighted by Gasteiger charge is 2.33. The topological polar surface area (TPSA) is 134 Å². The zero-order valence-electron chi connectivity index (χ0n) is 20.8. The maximum absolute atomic E-state index is 14.0. The highest BCUT2D eigenvalue weighted by Crippen LogP contribution is 2.27.